The molecule has 2 aromatic rings. The smallest absolute Gasteiger partial charge is 0.116 e. The van der Waals surface area contributed by atoms with Crippen molar-refractivity contribution in [1.82, 2.24) is 9.97 Å². The molecule has 0 aliphatic rings. The first kappa shape index (κ1) is 8.34. The minimum Gasteiger partial charge on any atom is -0.325 e. The molecule has 2 heterocycles. The van der Waals surface area contributed by atoms with E-state index in [2.05, 4.69) is 9.97 Å². The van der Waals surface area contributed by atoms with Crippen LogP contribution in [0.25, 0.3) is 10.6 Å². The molecular weight excluding hydrogens is 182 g/mol. The van der Waals surface area contributed by atoms with Gasteiger partial charge in [0.05, 0.1) is 16.3 Å². The molecule has 13 heavy (non-hydrogen) atoms. The highest BCUT2D eigenvalue weighted by atomic mass is 32.1. The first-order chi connectivity index (χ1) is 6.40. The lowest BCUT2D eigenvalue weighted by atomic mass is 10.3. The molecule has 0 fully saturated rings. The van der Waals surface area contributed by atoms with Gasteiger partial charge in [0.15, 0.2) is 0 Å². The summed E-state index contributed by atoms with van der Waals surface area (Å²) >= 11 is 1.66. The normalized spacial score (nSPS) is 10.2. The fourth-order valence-electron chi connectivity index (χ4n) is 1.07. The zero-order valence-corrected chi connectivity index (χ0v) is 7.79. The van der Waals surface area contributed by atoms with Gasteiger partial charge in [-0.1, -0.05) is 6.07 Å². The number of hydrogen-bond donors (Lipinski definition) is 1. The number of rotatable bonds is 2. The predicted molar refractivity (Wildman–Crippen MR) is 53.2 cm³/mol. The molecule has 66 valence electrons. The van der Waals surface area contributed by atoms with E-state index in [4.69, 9.17) is 5.73 Å². The molecule has 0 amide bonds. The maximum Gasteiger partial charge on any atom is 0.116 e. The van der Waals surface area contributed by atoms with E-state index < -0.39 is 0 Å². The summed E-state index contributed by atoms with van der Waals surface area (Å²) in [5.74, 6) is 0. The highest BCUT2D eigenvalue weighted by Gasteiger charge is 2.00. The van der Waals surface area contributed by atoms with E-state index in [-0.39, 0.29) is 0 Å². The van der Waals surface area contributed by atoms with Crippen LogP contribution in [0.1, 0.15) is 5.69 Å². The van der Waals surface area contributed by atoms with Crippen molar-refractivity contribution in [2.75, 3.05) is 0 Å². The fourth-order valence-corrected chi connectivity index (χ4v) is 1.76. The molecule has 3 nitrogen and oxygen atoms in total. The lowest BCUT2D eigenvalue weighted by molar-refractivity contribution is 0.967. The number of thiophene rings is 1. The van der Waals surface area contributed by atoms with E-state index in [1.165, 1.54) is 0 Å². The second kappa shape index (κ2) is 3.64. The van der Waals surface area contributed by atoms with Gasteiger partial charge in [0.2, 0.25) is 0 Å². The Balaban J connectivity index is 2.41. The van der Waals surface area contributed by atoms with Crippen LogP contribution in [-0.2, 0) is 6.54 Å². The van der Waals surface area contributed by atoms with Gasteiger partial charge >= 0.3 is 0 Å². The van der Waals surface area contributed by atoms with Crippen LogP contribution < -0.4 is 5.73 Å². The second-order valence-corrected chi connectivity index (χ2v) is 3.52. The van der Waals surface area contributed by atoms with Crippen LogP contribution in [-0.4, -0.2) is 9.97 Å². The third-order valence-electron chi connectivity index (χ3n) is 1.71. The number of nitrogens with zero attached hydrogens (tertiary/aromatic N) is 2. The molecule has 0 atom stereocenters. The van der Waals surface area contributed by atoms with Crippen molar-refractivity contribution < 1.29 is 0 Å². The molecule has 4 heteroatoms. The Labute approximate surface area is 80.3 Å². The quantitative estimate of drug-likeness (QED) is 0.785. The van der Waals surface area contributed by atoms with Crippen LogP contribution in [0.15, 0.2) is 29.9 Å². The van der Waals surface area contributed by atoms with Crippen molar-refractivity contribution in [2.24, 2.45) is 5.73 Å². The molecule has 0 aliphatic carbocycles. The van der Waals surface area contributed by atoms with Crippen molar-refractivity contribution >= 4 is 11.3 Å². The van der Waals surface area contributed by atoms with E-state index in [0.717, 1.165) is 16.3 Å². The van der Waals surface area contributed by atoms with Crippen molar-refractivity contribution in [2.45, 2.75) is 6.54 Å². The molecule has 0 spiro atoms. The van der Waals surface area contributed by atoms with Crippen molar-refractivity contribution in [3.8, 4) is 10.6 Å². The Morgan fingerprint density at radius 3 is 3.00 bits per heavy atom. The lowest BCUT2D eigenvalue weighted by Crippen LogP contribution is -1.99. The summed E-state index contributed by atoms with van der Waals surface area (Å²) in [5.41, 5.74) is 7.31. The maximum atomic E-state index is 5.49. The SMILES string of the molecule is NCc1cc(-c2cccs2)ncn1. The first-order valence-corrected chi connectivity index (χ1v) is 4.83. The summed E-state index contributed by atoms with van der Waals surface area (Å²) < 4.78 is 0. The number of nitrogens with two attached hydrogens (primary N) is 1. The number of hydrogen-bond acceptors (Lipinski definition) is 4. The Hall–Kier alpha value is -1.26. The summed E-state index contributed by atoms with van der Waals surface area (Å²) in [6.45, 7) is 0.459. The minimum absolute atomic E-state index is 0.459. The zero-order valence-electron chi connectivity index (χ0n) is 6.97. The van der Waals surface area contributed by atoms with Gasteiger partial charge in [-0.05, 0) is 17.5 Å². The van der Waals surface area contributed by atoms with Gasteiger partial charge in [-0.15, -0.1) is 11.3 Å². The molecular formula is C9H9N3S. The molecule has 0 saturated heterocycles. The van der Waals surface area contributed by atoms with Gasteiger partial charge < -0.3 is 5.73 Å². The molecule has 0 bridgehead atoms. The molecule has 2 rings (SSSR count). The van der Waals surface area contributed by atoms with Gasteiger partial charge in [-0.3, -0.25) is 0 Å². The Kier molecular flexibility index (Phi) is 2.33. The topological polar surface area (TPSA) is 51.8 Å². The Morgan fingerprint density at radius 1 is 1.38 bits per heavy atom. The molecule has 2 aromatic heterocycles. The highest BCUT2D eigenvalue weighted by Crippen LogP contribution is 2.22. The van der Waals surface area contributed by atoms with Crippen molar-refractivity contribution in [3.05, 3.63) is 35.6 Å². The summed E-state index contributed by atoms with van der Waals surface area (Å²) in [6, 6.07) is 5.96. The van der Waals surface area contributed by atoms with Crippen LogP contribution in [0, 0.1) is 0 Å². The average Bonchev–Trinajstić information content (AvgIpc) is 2.71. The predicted octanol–water partition coefficient (Wildman–Crippen LogP) is 1.66. The van der Waals surface area contributed by atoms with Crippen molar-refractivity contribution in [3.63, 3.8) is 0 Å². The average molecular weight is 191 g/mol. The summed E-state index contributed by atoms with van der Waals surface area (Å²) in [6.07, 6.45) is 1.55. The van der Waals surface area contributed by atoms with E-state index in [0.29, 0.717) is 6.54 Å². The van der Waals surface area contributed by atoms with Gasteiger partial charge in [0.25, 0.3) is 0 Å². The summed E-state index contributed by atoms with van der Waals surface area (Å²) in [7, 11) is 0. The third-order valence-corrected chi connectivity index (χ3v) is 2.60. The maximum absolute atomic E-state index is 5.49. The zero-order chi connectivity index (χ0) is 9.10. The molecule has 0 aliphatic heterocycles. The van der Waals surface area contributed by atoms with Crippen LogP contribution >= 0.6 is 11.3 Å². The molecule has 0 saturated carbocycles. The standard InChI is InChI=1S/C9H9N3S/c10-5-7-4-8(12-6-11-7)9-2-1-3-13-9/h1-4,6H,5,10H2. The fraction of sp³-hybridized carbons (Fsp3) is 0.111. The van der Waals surface area contributed by atoms with E-state index >= 15 is 0 Å². The van der Waals surface area contributed by atoms with Crippen LogP contribution in [0.5, 0.6) is 0 Å². The third kappa shape index (κ3) is 1.74. The highest BCUT2D eigenvalue weighted by molar-refractivity contribution is 7.13. The largest absolute Gasteiger partial charge is 0.325 e. The van der Waals surface area contributed by atoms with Crippen LogP contribution in [0.4, 0.5) is 0 Å². The van der Waals surface area contributed by atoms with Crippen LogP contribution in [0.2, 0.25) is 0 Å². The Morgan fingerprint density at radius 2 is 2.31 bits per heavy atom. The van der Waals surface area contributed by atoms with Crippen molar-refractivity contribution in [1.29, 1.82) is 0 Å². The number of aromatic nitrogens is 2. The van der Waals surface area contributed by atoms with Crippen LogP contribution in [0.3, 0.4) is 0 Å². The first-order valence-electron chi connectivity index (χ1n) is 3.95. The van der Waals surface area contributed by atoms with Gasteiger partial charge in [0.1, 0.15) is 6.33 Å². The Bertz CT molecular complexity index is 384. The molecule has 0 radical (unpaired) electrons. The van der Waals surface area contributed by atoms with E-state index in [1.807, 2.05) is 23.6 Å². The summed E-state index contributed by atoms with van der Waals surface area (Å²) in [4.78, 5) is 9.36. The van der Waals surface area contributed by atoms with E-state index in [1.54, 1.807) is 17.7 Å². The molecule has 0 aromatic carbocycles. The monoisotopic (exact) mass is 191 g/mol. The molecule has 2 N–H and O–H groups in total. The van der Waals surface area contributed by atoms with Gasteiger partial charge in [-0.2, -0.15) is 0 Å². The molecule has 0 unspecified atom stereocenters. The van der Waals surface area contributed by atoms with E-state index in [9.17, 15) is 0 Å². The van der Waals surface area contributed by atoms with Gasteiger partial charge in [0, 0.05) is 6.54 Å². The minimum atomic E-state index is 0.459. The second-order valence-electron chi connectivity index (χ2n) is 2.58. The van der Waals surface area contributed by atoms with Gasteiger partial charge in [-0.25, -0.2) is 9.97 Å². The summed E-state index contributed by atoms with van der Waals surface area (Å²) in [5, 5.41) is 2.03. The lowest BCUT2D eigenvalue weighted by Gasteiger charge is -1.98.